The topological polar surface area (TPSA) is 56.0 Å². The largest absolute Gasteiger partial charge is 0.408 e. The second kappa shape index (κ2) is 2.90. The zero-order valence-corrected chi connectivity index (χ0v) is 8.29. The maximum atomic E-state index is 11.5. The predicted molar refractivity (Wildman–Crippen MR) is 52.3 cm³/mol. The summed E-state index contributed by atoms with van der Waals surface area (Å²) in [5.74, 6) is 0.372. The molecule has 0 spiro atoms. The molecule has 2 aromatic heterocycles. The Labute approximate surface area is 80.6 Å². The molecule has 2 rings (SSSR count). The molecule has 4 nitrogen and oxygen atoms in total. The van der Waals surface area contributed by atoms with Crippen molar-refractivity contribution in [2.24, 2.45) is 0 Å². The lowest BCUT2D eigenvalue weighted by molar-refractivity contribution is 0.466. The van der Waals surface area contributed by atoms with E-state index in [-0.39, 0.29) is 5.63 Å². The van der Waals surface area contributed by atoms with Crippen molar-refractivity contribution in [2.45, 2.75) is 20.8 Å². The third-order valence-corrected chi connectivity index (χ3v) is 2.02. The van der Waals surface area contributed by atoms with Crippen molar-refractivity contribution in [2.75, 3.05) is 0 Å². The Kier molecular flexibility index (Phi) is 1.84. The summed E-state index contributed by atoms with van der Waals surface area (Å²) in [6.07, 6.45) is 0. The maximum Gasteiger partial charge on any atom is 0.346 e. The molecule has 2 heterocycles. The normalized spacial score (nSPS) is 10.8. The van der Waals surface area contributed by atoms with Crippen molar-refractivity contribution in [3.63, 3.8) is 0 Å². The fraction of sp³-hybridized carbons (Fsp3) is 0.300. The highest BCUT2D eigenvalue weighted by Crippen LogP contribution is 2.12. The number of rotatable bonds is 0. The van der Waals surface area contributed by atoms with E-state index < -0.39 is 0 Å². The summed E-state index contributed by atoms with van der Waals surface area (Å²) in [4.78, 5) is 19.9. The highest BCUT2D eigenvalue weighted by molar-refractivity contribution is 5.79. The molecule has 0 bridgehead atoms. The van der Waals surface area contributed by atoms with E-state index in [1.54, 1.807) is 13.0 Å². The molecule has 2 aromatic rings. The summed E-state index contributed by atoms with van der Waals surface area (Å²) in [6.45, 7) is 5.33. The van der Waals surface area contributed by atoms with E-state index in [9.17, 15) is 4.79 Å². The molecule has 0 aliphatic carbocycles. The van der Waals surface area contributed by atoms with Gasteiger partial charge in [-0.2, -0.15) is 0 Å². The van der Waals surface area contributed by atoms with Crippen molar-refractivity contribution < 1.29 is 4.42 Å². The molecule has 0 atom stereocenters. The molecule has 72 valence electrons. The van der Waals surface area contributed by atoms with Crippen LogP contribution in [0.25, 0.3) is 10.9 Å². The van der Waals surface area contributed by atoms with Crippen LogP contribution in [0.3, 0.4) is 0 Å². The van der Waals surface area contributed by atoms with Crippen LogP contribution in [0.15, 0.2) is 15.3 Å². The minimum Gasteiger partial charge on any atom is -0.408 e. The first-order chi connectivity index (χ1) is 6.58. The average Bonchev–Trinajstić information content (AvgIpc) is 2.07. The van der Waals surface area contributed by atoms with Gasteiger partial charge in [0.1, 0.15) is 5.52 Å². The van der Waals surface area contributed by atoms with Gasteiger partial charge < -0.3 is 4.42 Å². The second-order valence-electron chi connectivity index (χ2n) is 3.27. The van der Waals surface area contributed by atoms with Crippen LogP contribution in [-0.4, -0.2) is 9.97 Å². The van der Waals surface area contributed by atoms with E-state index in [2.05, 4.69) is 9.97 Å². The zero-order valence-electron chi connectivity index (χ0n) is 8.29. The summed E-state index contributed by atoms with van der Waals surface area (Å²) >= 11 is 0. The van der Waals surface area contributed by atoms with Crippen molar-refractivity contribution in [3.8, 4) is 0 Å². The molecule has 0 radical (unpaired) electrons. The second-order valence-corrected chi connectivity index (χ2v) is 3.27. The first-order valence-corrected chi connectivity index (χ1v) is 4.33. The van der Waals surface area contributed by atoms with E-state index in [0.717, 1.165) is 11.4 Å². The molecule has 0 N–H and O–H groups in total. The molecule has 0 aromatic carbocycles. The zero-order chi connectivity index (χ0) is 10.3. The van der Waals surface area contributed by atoms with Gasteiger partial charge in [0.15, 0.2) is 5.89 Å². The number of aryl methyl sites for hydroxylation is 3. The molecule has 4 heteroatoms. The number of fused-ring (bicyclic) bond motifs is 1. The summed E-state index contributed by atoms with van der Waals surface area (Å²) in [6, 6.07) is 1.70. The lowest BCUT2D eigenvalue weighted by atomic mass is 10.2. The van der Waals surface area contributed by atoms with Gasteiger partial charge in [-0.1, -0.05) is 0 Å². The first kappa shape index (κ1) is 8.87. The van der Waals surface area contributed by atoms with Crippen LogP contribution in [0.4, 0.5) is 0 Å². The van der Waals surface area contributed by atoms with Crippen molar-refractivity contribution >= 4 is 10.9 Å². The van der Waals surface area contributed by atoms with Crippen LogP contribution in [0.5, 0.6) is 0 Å². The molecule has 0 saturated carbocycles. The Hall–Kier alpha value is -1.71. The summed E-state index contributed by atoms with van der Waals surface area (Å²) in [5.41, 5.74) is 1.84. The van der Waals surface area contributed by atoms with Crippen LogP contribution in [-0.2, 0) is 0 Å². The Morgan fingerprint density at radius 2 is 1.93 bits per heavy atom. The van der Waals surface area contributed by atoms with E-state index in [4.69, 9.17) is 4.42 Å². The summed E-state index contributed by atoms with van der Waals surface area (Å²) in [7, 11) is 0. The van der Waals surface area contributed by atoms with Crippen LogP contribution < -0.4 is 5.63 Å². The van der Waals surface area contributed by atoms with Gasteiger partial charge in [0.05, 0.1) is 11.1 Å². The van der Waals surface area contributed by atoms with Crippen LogP contribution in [0.2, 0.25) is 0 Å². The number of hydrogen-bond acceptors (Lipinski definition) is 4. The van der Waals surface area contributed by atoms with Gasteiger partial charge in [-0.15, -0.1) is 0 Å². The van der Waals surface area contributed by atoms with E-state index >= 15 is 0 Å². The van der Waals surface area contributed by atoms with Gasteiger partial charge in [-0.05, 0) is 19.9 Å². The van der Waals surface area contributed by atoms with Gasteiger partial charge in [-0.25, -0.2) is 9.78 Å². The highest BCUT2D eigenvalue weighted by atomic mass is 16.4. The lowest BCUT2D eigenvalue weighted by Gasteiger charge is -2.01. The van der Waals surface area contributed by atoms with Gasteiger partial charge in [0.25, 0.3) is 0 Å². The standard InChI is InChI=1S/C10H10N2O2/c1-5-4-8-9(6(2)11-5)12-7(3)14-10(8)13/h4H,1-3H3. The van der Waals surface area contributed by atoms with Crippen LogP contribution in [0, 0.1) is 20.8 Å². The Balaban J connectivity index is 3.02. The van der Waals surface area contributed by atoms with Crippen molar-refractivity contribution in [1.29, 1.82) is 0 Å². The molecular formula is C10H10N2O2. The number of pyridine rings is 1. The number of hydrogen-bond donors (Lipinski definition) is 0. The molecule has 0 unspecified atom stereocenters. The Morgan fingerprint density at radius 1 is 1.21 bits per heavy atom. The quantitative estimate of drug-likeness (QED) is 0.631. The molecule has 0 aliphatic heterocycles. The molecule has 0 saturated heterocycles. The number of aromatic nitrogens is 2. The van der Waals surface area contributed by atoms with Crippen LogP contribution in [0.1, 0.15) is 17.3 Å². The highest BCUT2D eigenvalue weighted by Gasteiger charge is 2.07. The summed E-state index contributed by atoms with van der Waals surface area (Å²) < 4.78 is 4.91. The third-order valence-electron chi connectivity index (χ3n) is 2.02. The number of nitrogens with zero attached hydrogens (tertiary/aromatic N) is 2. The Bertz CT molecular complexity index is 558. The fourth-order valence-electron chi connectivity index (χ4n) is 1.49. The summed E-state index contributed by atoms with van der Waals surface area (Å²) in [5, 5.41) is 0.501. The first-order valence-electron chi connectivity index (χ1n) is 4.33. The lowest BCUT2D eigenvalue weighted by Crippen LogP contribution is -2.05. The minimum atomic E-state index is -0.346. The molecular weight excluding hydrogens is 180 g/mol. The fourth-order valence-corrected chi connectivity index (χ4v) is 1.49. The predicted octanol–water partition coefficient (Wildman–Crippen LogP) is 1.51. The third kappa shape index (κ3) is 1.28. The monoisotopic (exact) mass is 190 g/mol. The van der Waals surface area contributed by atoms with Crippen molar-refractivity contribution in [3.05, 3.63) is 33.8 Å². The molecule has 0 amide bonds. The SMILES string of the molecule is Cc1cc2c(=O)oc(C)nc2c(C)n1. The smallest absolute Gasteiger partial charge is 0.346 e. The molecule has 0 fully saturated rings. The van der Waals surface area contributed by atoms with Crippen LogP contribution >= 0.6 is 0 Å². The van der Waals surface area contributed by atoms with Gasteiger partial charge in [-0.3, -0.25) is 4.98 Å². The minimum absolute atomic E-state index is 0.346. The van der Waals surface area contributed by atoms with E-state index in [1.807, 2.05) is 13.8 Å². The Morgan fingerprint density at radius 3 is 2.64 bits per heavy atom. The van der Waals surface area contributed by atoms with Gasteiger partial charge >= 0.3 is 5.63 Å². The van der Waals surface area contributed by atoms with Crippen molar-refractivity contribution in [1.82, 2.24) is 9.97 Å². The molecule has 14 heavy (non-hydrogen) atoms. The maximum absolute atomic E-state index is 11.5. The molecule has 0 aliphatic rings. The van der Waals surface area contributed by atoms with E-state index in [1.165, 1.54) is 0 Å². The van der Waals surface area contributed by atoms with Gasteiger partial charge in [0.2, 0.25) is 0 Å². The van der Waals surface area contributed by atoms with E-state index in [0.29, 0.717) is 16.8 Å². The van der Waals surface area contributed by atoms with Gasteiger partial charge in [0, 0.05) is 12.6 Å². The average molecular weight is 190 g/mol.